The van der Waals surface area contributed by atoms with Gasteiger partial charge in [-0.1, -0.05) is 24.3 Å². The number of hydrogen-bond donors (Lipinski definition) is 1. The van der Waals surface area contributed by atoms with E-state index in [1.807, 2.05) is 24.3 Å². The first kappa shape index (κ1) is 13.6. The molecule has 22 heavy (non-hydrogen) atoms. The van der Waals surface area contributed by atoms with Gasteiger partial charge in [0.25, 0.3) is 5.69 Å². The highest BCUT2D eigenvalue weighted by atomic mass is 16.6. The molecular weight excluding hydrogens is 282 g/mol. The number of anilines is 1. The first-order valence-corrected chi connectivity index (χ1v) is 6.48. The molecule has 0 saturated heterocycles. The zero-order valence-electron chi connectivity index (χ0n) is 11.4. The maximum absolute atomic E-state index is 10.6. The Kier molecular flexibility index (Phi) is 3.69. The Hall–Kier alpha value is -3.35. The van der Waals surface area contributed by atoms with Gasteiger partial charge in [-0.05, 0) is 17.7 Å². The quantitative estimate of drug-likeness (QED) is 0.453. The molecule has 0 aliphatic heterocycles. The van der Waals surface area contributed by atoms with Crippen molar-refractivity contribution >= 4 is 28.5 Å². The smallest absolute Gasteiger partial charge is 0.259 e. The number of aromatic nitrogens is 2. The molecule has 0 unspecified atom stereocenters. The zero-order chi connectivity index (χ0) is 15.4. The third kappa shape index (κ3) is 2.88. The van der Waals surface area contributed by atoms with Crippen molar-refractivity contribution < 1.29 is 4.92 Å². The lowest BCUT2D eigenvalue weighted by molar-refractivity contribution is -0.384. The minimum Gasteiger partial charge on any atom is -0.259 e. The highest BCUT2D eigenvalue weighted by Crippen LogP contribution is 2.19. The van der Waals surface area contributed by atoms with Crippen molar-refractivity contribution in [2.75, 3.05) is 5.43 Å². The summed E-state index contributed by atoms with van der Waals surface area (Å²) in [6.45, 7) is 0. The Morgan fingerprint density at radius 2 is 1.91 bits per heavy atom. The average molecular weight is 293 g/mol. The molecule has 7 heteroatoms. The molecule has 0 aliphatic rings. The van der Waals surface area contributed by atoms with Gasteiger partial charge < -0.3 is 0 Å². The monoisotopic (exact) mass is 293 g/mol. The minimum absolute atomic E-state index is 0.0463. The number of rotatable bonds is 4. The number of nitro benzene ring substituents is 1. The number of nitrogens with zero attached hydrogens (tertiary/aromatic N) is 4. The fraction of sp³-hybridized carbons (Fsp3) is 0. The highest BCUT2D eigenvalue weighted by Gasteiger charge is 2.03. The van der Waals surface area contributed by atoms with Crippen LogP contribution in [0.2, 0.25) is 0 Å². The van der Waals surface area contributed by atoms with Crippen LogP contribution in [0.4, 0.5) is 11.5 Å². The van der Waals surface area contributed by atoms with Crippen LogP contribution < -0.4 is 5.43 Å². The summed E-state index contributed by atoms with van der Waals surface area (Å²) in [6.07, 6.45) is 3.24. The minimum atomic E-state index is -0.440. The third-order valence-electron chi connectivity index (χ3n) is 3.06. The van der Waals surface area contributed by atoms with Gasteiger partial charge in [0.1, 0.15) is 0 Å². The van der Waals surface area contributed by atoms with Crippen molar-refractivity contribution in [3.05, 3.63) is 70.4 Å². The van der Waals surface area contributed by atoms with Gasteiger partial charge in [0.15, 0.2) is 5.82 Å². The standard InChI is InChI=1S/C15H11N5O2/c21-20(22)13-7-5-11(6-8-13)9-16-18-15-14-4-2-1-3-12(14)10-17-19-15/h1-10H,(H,18,19)/b16-9-. The van der Waals surface area contributed by atoms with E-state index >= 15 is 0 Å². The molecule has 2 aromatic carbocycles. The predicted molar refractivity (Wildman–Crippen MR) is 83.9 cm³/mol. The van der Waals surface area contributed by atoms with Crippen LogP contribution in [0, 0.1) is 10.1 Å². The van der Waals surface area contributed by atoms with Gasteiger partial charge in [-0.3, -0.25) is 15.5 Å². The third-order valence-corrected chi connectivity index (χ3v) is 3.06. The van der Waals surface area contributed by atoms with Gasteiger partial charge in [-0.15, -0.1) is 5.10 Å². The van der Waals surface area contributed by atoms with Crippen LogP contribution in [-0.2, 0) is 0 Å². The number of fused-ring (bicyclic) bond motifs is 1. The number of hydrazone groups is 1. The Morgan fingerprint density at radius 1 is 1.14 bits per heavy atom. The molecule has 0 saturated carbocycles. The summed E-state index contributed by atoms with van der Waals surface area (Å²) in [5.41, 5.74) is 3.62. The molecule has 0 spiro atoms. The molecule has 1 aromatic heterocycles. The summed E-state index contributed by atoms with van der Waals surface area (Å²) < 4.78 is 0. The summed E-state index contributed by atoms with van der Waals surface area (Å²) in [4.78, 5) is 10.1. The number of non-ortho nitro benzene ring substituents is 1. The maximum atomic E-state index is 10.6. The Labute approximate surface area is 125 Å². The lowest BCUT2D eigenvalue weighted by Crippen LogP contribution is -1.96. The van der Waals surface area contributed by atoms with Gasteiger partial charge in [0, 0.05) is 22.9 Å². The van der Waals surface area contributed by atoms with E-state index in [0.717, 1.165) is 16.3 Å². The van der Waals surface area contributed by atoms with Crippen molar-refractivity contribution in [3.8, 4) is 0 Å². The van der Waals surface area contributed by atoms with E-state index < -0.39 is 4.92 Å². The molecule has 3 rings (SSSR count). The second-order valence-electron chi connectivity index (χ2n) is 4.50. The van der Waals surface area contributed by atoms with E-state index in [1.54, 1.807) is 24.5 Å². The van der Waals surface area contributed by atoms with E-state index in [0.29, 0.717) is 5.82 Å². The lowest BCUT2D eigenvalue weighted by Gasteiger charge is -2.02. The molecule has 1 heterocycles. The molecule has 0 fully saturated rings. The van der Waals surface area contributed by atoms with Gasteiger partial charge in [0.2, 0.25) is 0 Å². The predicted octanol–water partition coefficient (Wildman–Crippen LogP) is 2.98. The molecule has 108 valence electrons. The van der Waals surface area contributed by atoms with Crippen molar-refractivity contribution in [2.24, 2.45) is 5.10 Å². The molecule has 1 N–H and O–H groups in total. The summed E-state index contributed by atoms with van der Waals surface area (Å²) in [7, 11) is 0. The van der Waals surface area contributed by atoms with Crippen LogP contribution in [0.1, 0.15) is 5.56 Å². The molecule has 7 nitrogen and oxygen atoms in total. The SMILES string of the molecule is O=[N+]([O-])c1ccc(/C=N\Nc2nncc3ccccc23)cc1. The molecule has 0 amide bonds. The van der Waals surface area contributed by atoms with Gasteiger partial charge in [-0.2, -0.15) is 10.2 Å². The fourth-order valence-electron chi connectivity index (χ4n) is 1.96. The van der Waals surface area contributed by atoms with Crippen LogP contribution in [0.3, 0.4) is 0 Å². The van der Waals surface area contributed by atoms with E-state index in [-0.39, 0.29) is 5.69 Å². The van der Waals surface area contributed by atoms with Crippen molar-refractivity contribution in [3.63, 3.8) is 0 Å². The van der Waals surface area contributed by atoms with Gasteiger partial charge >= 0.3 is 0 Å². The Bertz CT molecular complexity index is 841. The van der Waals surface area contributed by atoms with E-state index in [2.05, 4.69) is 20.7 Å². The van der Waals surface area contributed by atoms with Crippen LogP contribution in [-0.4, -0.2) is 21.3 Å². The summed E-state index contributed by atoms with van der Waals surface area (Å²) in [5.74, 6) is 0.552. The first-order chi connectivity index (χ1) is 10.7. The van der Waals surface area contributed by atoms with E-state index in [9.17, 15) is 10.1 Å². The number of hydrogen-bond acceptors (Lipinski definition) is 6. The Morgan fingerprint density at radius 3 is 2.68 bits per heavy atom. The molecule has 3 aromatic rings. The largest absolute Gasteiger partial charge is 0.269 e. The average Bonchev–Trinajstić information content (AvgIpc) is 2.55. The highest BCUT2D eigenvalue weighted by molar-refractivity contribution is 5.91. The second-order valence-corrected chi connectivity index (χ2v) is 4.50. The summed E-state index contributed by atoms with van der Waals surface area (Å²) >= 11 is 0. The Balaban J connectivity index is 1.77. The molecule has 0 aliphatic carbocycles. The van der Waals surface area contributed by atoms with Crippen molar-refractivity contribution in [1.29, 1.82) is 0 Å². The zero-order valence-corrected chi connectivity index (χ0v) is 11.4. The number of benzene rings is 2. The molecule has 0 atom stereocenters. The fourth-order valence-corrected chi connectivity index (χ4v) is 1.96. The van der Waals surface area contributed by atoms with E-state index in [4.69, 9.17) is 0 Å². The lowest BCUT2D eigenvalue weighted by atomic mass is 10.2. The van der Waals surface area contributed by atoms with E-state index in [1.165, 1.54) is 12.1 Å². The van der Waals surface area contributed by atoms with Gasteiger partial charge in [0.05, 0.1) is 17.3 Å². The van der Waals surface area contributed by atoms with Crippen LogP contribution in [0.15, 0.2) is 59.8 Å². The van der Waals surface area contributed by atoms with Crippen molar-refractivity contribution in [2.45, 2.75) is 0 Å². The summed E-state index contributed by atoms with van der Waals surface area (Å²) in [5, 5.41) is 24.5. The molecule has 0 radical (unpaired) electrons. The topological polar surface area (TPSA) is 93.3 Å². The maximum Gasteiger partial charge on any atom is 0.269 e. The number of nitrogens with one attached hydrogen (secondary N) is 1. The normalized spacial score (nSPS) is 10.9. The van der Waals surface area contributed by atoms with Crippen LogP contribution in [0.25, 0.3) is 10.8 Å². The van der Waals surface area contributed by atoms with Crippen molar-refractivity contribution in [1.82, 2.24) is 10.2 Å². The first-order valence-electron chi connectivity index (χ1n) is 6.48. The van der Waals surface area contributed by atoms with Crippen LogP contribution >= 0.6 is 0 Å². The summed E-state index contributed by atoms with van der Waals surface area (Å²) in [6, 6.07) is 13.8. The van der Waals surface area contributed by atoms with Gasteiger partial charge in [-0.25, -0.2) is 0 Å². The second kappa shape index (κ2) is 5.96. The molecule has 0 bridgehead atoms. The molecular formula is C15H11N5O2. The number of nitro groups is 1. The van der Waals surface area contributed by atoms with Crippen LogP contribution in [0.5, 0.6) is 0 Å².